The van der Waals surface area contributed by atoms with E-state index in [1.54, 1.807) is 19.0 Å². The standard InChI is InChI=1S/C20H31N5O.HI/c1-16(2)14-21-20(22-15-19(26)23(4)5)25-11-9-24(10-12-25)18-8-6-7-17(3)13-18;/h6-8,13H,1,9-12,14-15H2,2-5H3,(H,21,22);1H. The minimum absolute atomic E-state index is 0. The molecule has 1 aliphatic heterocycles. The minimum Gasteiger partial charge on any atom is -0.368 e. The van der Waals surface area contributed by atoms with E-state index in [1.807, 2.05) is 6.92 Å². The van der Waals surface area contributed by atoms with Crippen LogP contribution in [0.25, 0.3) is 0 Å². The van der Waals surface area contributed by atoms with E-state index in [0.717, 1.165) is 37.7 Å². The van der Waals surface area contributed by atoms with Crippen molar-refractivity contribution in [1.82, 2.24) is 15.1 Å². The number of likely N-dealkylation sites (N-methyl/N-ethyl adjacent to an activating group) is 1. The van der Waals surface area contributed by atoms with Crippen molar-refractivity contribution in [3.8, 4) is 0 Å². The number of hydrogen-bond acceptors (Lipinski definition) is 3. The van der Waals surface area contributed by atoms with Crippen molar-refractivity contribution >= 4 is 41.5 Å². The van der Waals surface area contributed by atoms with Gasteiger partial charge in [0.05, 0.1) is 0 Å². The number of anilines is 1. The molecule has 0 aromatic heterocycles. The van der Waals surface area contributed by atoms with E-state index in [0.29, 0.717) is 6.54 Å². The molecule has 1 aliphatic rings. The van der Waals surface area contributed by atoms with E-state index < -0.39 is 0 Å². The van der Waals surface area contributed by atoms with Crippen LogP contribution in [-0.4, -0.2) is 75.0 Å². The Morgan fingerprint density at radius 3 is 2.48 bits per heavy atom. The van der Waals surface area contributed by atoms with Crippen LogP contribution in [0.15, 0.2) is 41.4 Å². The zero-order chi connectivity index (χ0) is 19.1. The van der Waals surface area contributed by atoms with Gasteiger partial charge in [0.2, 0.25) is 5.91 Å². The summed E-state index contributed by atoms with van der Waals surface area (Å²) in [7, 11) is 3.50. The van der Waals surface area contributed by atoms with Crippen molar-refractivity contribution in [3.63, 3.8) is 0 Å². The van der Waals surface area contributed by atoms with Crippen LogP contribution in [-0.2, 0) is 4.79 Å². The van der Waals surface area contributed by atoms with Gasteiger partial charge in [-0.3, -0.25) is 4.79 Å². The maximum atomic E-state index is 11.9. The van der Waals surface area contributed by atoms with Crippen LogP contribution in [0, 0.1) is 6.92 Å². The molecule has 1 N–H and O–H groups in total. The summed E-state index contributed by atoms with van der Waals surface area (Å²) in [5, 5.41) is 3.33. The molecule has 27 heavy (non-hydrogen) atoms. The quantitative estimate of drug-likeness (QED) is 0.301. The summed E-state index contributed by atoms with van der Waals surface area (Å²) in [6.45, 7) is 12.4. The van der Waals surface area contributed by atoms with Gasteiger partial charge in [0.15, 0.2) is 5.96 Å². The first-order valence-corrected chi connectivity index (χ1v) is 9.06. The van der Waals surface area contributed by atoms with Crippen LogP contribution in [0.2, 0.25) is 0 Å². The Morgan fingerprint density at radius 1 is 1.26 bits per heavy atom. The number of benzene rings is 1. The highest BCUT2D eigenvalue weighted by Crippen LogP contribution is 2.17. The topological polar surface area (TPSA) is 51.2 Å². The normalized spacial score (nSPS) is 14.4. The fourth-order valence-electron chi connectivity index (χ4n) is 2.78. The number of rotatable bonds is 5. The highest BCUT2D eigenvalue weighted by Gasteiger charge is 2.20. The van der Waals surface area contributed by atoms with E-state index in [9.17, 15) is 4.79 Å². The van der Waals surface area contributed by atoms with Crippen LogP contribution in [0.3, 0.4) is 0 Å². The lowest BCUT2D eigenvalue weighted by atomic mass is 10.2. The average molecular weight is 485 g/mol. The Bertz CT molecular complexity index is 666. The summed E-state index contributed by atoms with van der Waals surface area (Å²) in [6, 6.07) is 8.60. The number of hydrogen-bond donors (Lipinski definition) is 1. The first-order valence-electron chi connectivity index (χ1n) is 9.06. The van der Waals surface area contributed by atoms with Gasteiger partial charge in [0.1, 0.15) is 6.54 Å². The van der Waals surface area contributed by atoms with Gasteiger partial charge in [0, 0.05) is 52.5 Å². The molecule has 7 heteroatoms. The number of carbonyl (C=O) groups is 1. The molecular weight excluding hydrogens is 453 g/mol. The molecule has 1 fully saturated rings. The van der Waals surface area contributed by atoms with Crippen molar-refractivity contribution < 1.29 is 4.79 Å². The van der Waals surface area contributed by atoms with Crippen molar-refractivity contribution in [2.24, 2.45) is 4.99 Å². The van der Waals surface area contributed by atoms with Crippen molar-refractivity contribution in [1.29, 1.82) is 0 Å². The smallest absolute Gasteiger partial charge is 0.243 e. The maximum absolute atomic E-state index is 11.9. The maximum Gasteiger partial charge on any atom is 0.243 e. The van der Waals surface area contributed by atoms with Gasteiger partial charge in [-0.2, -0.15) is 0 Å². The summed E-state index contributed by atoms with van der Waals surface area (Å²) < 4.78 is 0. The summed E-state index contributed by atoms with van der Waals surface area (Å²) >= 11 is 0. The molecule has 0 bridgehead atoms. The molecule has 2 rings (SSSR count). The first-order chi connectivity index (χ1) is 12.4. The minimum atomic E-state index is -0.00183. The molecule has 1 aromatic rings. The van der Waals surface area contributed by atoms with Gasteiger partial charge >= 0.3 is 0 Å². The number of aryl methyl sites for hydroxylation is 1. The fourth-order valence-corrected chi connectivity index (χ4v) is 2.78. The highest BCUT2D eigenvalue weighted by molar-refractivity contribution is 14.0. The molecule has 0 radical (unpaired) electrons. The lowest BCUT2D eigenvalue weighted by Crippen LogP contribution is -2.53. The average Bonchev–Trinajstić information content (AvgIpc) is 2.61. The zero-order valence-electron chi connectivity index (χ0n) is 16.9. The number of guanidine groups is 1. The molecule has 0 saturated carbocycles. The Kier molecular flexibility index (Phi) is 9.62. The molecule has 0 aliphatic carbocycles. The van der Waals surface area contributed by atoms with E-state index in [-0.39, 0.29) is 36.4 Å². The van der Waals surface area contributed by atoms with E-state index in [2.05, 4.69) is 57.9 Å². The second-order valence-corrected chi connectivity index (χ2v) is 7.05. The SMILES string of the molecule is C=C(C)CNC(=NCC(=O)N(C)C)N1CCN(c2cccc(C)c2)CC1.I. The Morgan fingerprint density at radius 2 is 1.93 bits per heavy atom. The lowest BCUT2D eigenvalue weighted by molar-refractivity contribution is -0.127. The largest absolute Gasteiger partial charge is 0.368 e. The van der Waals surface area contributed by atoms with Crippen LogP contribution in [0.4, 0.5) is 5.69 Å². The Balaban J connectivity index is 0.00000364. The van der Waals surface area contributed by atoms with Crippen LogP contribution >= 0.6 is 24.0 Å². The first kappa shape index (κ1) is 23.3. The molecule has 1 heterocycles. The van der Waals surface area contributed by atoms with Crippen molar-refractivity contribution in [3.05, 3.63) is 42.0 Å². The van der Waals surface area contributed by atoms with Crippen molar-refractivity contribution in [2.45, 2.75) is 13.8 Å². The van der Waals surface area contributed by atoms with Gasteiger partial charge < -0.3 is 20.0 Å². The van der Waals surface area contributed by atoms with Gasteiger partial charge in [-0.25, -0.2) is 4.99 Å². The molecule has 0 atom stereocenters. The predicted octanol–water partition coefficient (Wildman–Crippen LogP) is 2.34. The summed E-state index contributed by atoms with van der Waals surface area (Å²) in [5.41, 5.74) is 3.58. The van der Waals surface area contributed by atoms with Gasteiger partial charge in [-0.1, -0.05) is 24.3 Å². The van der Waals surface area contributed by atoms with E-state index in [1.165, 1.54) is 11.3 Å². The number of aliphatic imine (C=N–C) groups is 1. The van der Waals surface area contributed by atoms with E-state index in [4.69, 9.17) is 0 Å². The van der Waals surface area contributed by atoms with Crippen molar-refractivity contribution in [2.75, 3.05) is 58.3 Å². The number of nitrogens with zero attached hydrogens (tertiary/aromatic N) is 4. The monoisotopic (exact) mass is 485 g/mol. The number of halogens is 1. The Hall–Kier alpha value is -1.77. The molecule has 0 spiro atoms. The summed E-state index contributed by atoms with van der Waals surface area (Å²) in [6.07, 6.45) is 0. The second kappa shape index (κ2) is 11.2. The molecule has 1 saturated heterocycles. The van der Waals surface area contributed by atoms with Crippen LogP contribution < -0.4 is 10.2 Å². The van der Waals surface area contributed by atoms with Crippen LogP contribution in [0.5, 0.6) is 0 Å². The third kappa shape index (κ3) is 7.40. The highest BCUT2D eigenvalue weighted by atomic mass is 127. The number of carbonyl (C=O) groups excluding carboxylic acids is 1. The molecular formula is C20H32IN5O. The van der Waals surface area contributed by atoms with Gasteiger partial charge in [-0.15, -0.1) is 24.0 Å². The third-order valence-corrected chi connectivity index (χ3v) is 4.36. The third-order valence-electron chi connectivity index (χ3n) is 4.36. The molecule has 6 nitrogen and oxygen atoms in total. The molecule has 1 amide bonds. The number of nitrogens with one attached hydrogen (secondary N) is 1. The molecule has 1 aromatic carbocycles. The zero-order valence-corrected chi connectivity index (χ0v) is 19.2. The predicted molar refractivity (Wildman–Crippen MR) is 124 cm³/mol. The van der Waals surface area contributed by atoms with E-state index >= 15 is 0 Å². The number of piperazine rings is 1. The Labute approximate surface area is 180 Å². The number of amides is 1. The summed E-state index contributed by atoms with van der Waals surface area (Å²) in [4.78, 5) is 22.6. The lowest BCUT2D eigenvalue weighted by Gasteiger charge is -2.38. The van der Waals surface area contributed by atoms with Gasteiger partial charge in [-0.05, 0) is 31.5 Å². The second-order valence-electron chi connectivity index (χ2n) is 7.05. The molecule has 0 unspecified atom stereocenters. The molecule has 150 valence electrons. The van der Waals surface area contributed by atoms with Crippen LogP contribution in [0.1, 0.15) is 12.5 Å². The fraction of sp³-hybridized carbons (Fsp3) is 0.500. The van der Waals surface area contributed by atoms with Gasteiger partial charge in [0.25, 0.3) is 0 Å². The summed E-state index contributed by atoms with van der Waals surface area (Å²) in [5.74, 6) is 0.783.